The summed E-state index contributed by atoms with van der Waals surface area (Å²) in [5, 5.41) is 0. The fraction of sp³-hybridized carbons (Fsp3) is 0.381. The first kappa shape index (κ1) is 20.5. The molecule has 0 aliphatic carbocycles. The molecule has 0 aromatic heterocycles. The lowest BCUT2D eigenvalue weighted by Gasteiger charge is -2.26. The van der Waals surface area contributed by atoms with Crippen LogP contribution in [-0.4, -0.2) is 63.4 Å². The monoisotopic (exact) mass is 402 g/mol. The first-order valence-electron chi connectivity index (χ1n) is 9.46. The van der Waals surface area contributed by atoms with E-state index in [1.807, 2.05) is 18.2 Å². The molecule has 0 atom stereocenters. The van der Waals surface area contributed by atoms with Gasteiger partial charge < -0.3 is 9.64 Å². The van der Waals surface area contributed by atoms with Gasteiger partial charge in [0.15, 0.2) is 0 Å². The van der Waals surface area contributed by atoms with Crippen molar-refractivity contribution in [2.45, 2.75) is 17.7 Å². The van der Waals surface area contributed by atoms with Crippen LogP contribution in [0.25, 0.3) is 0 Å². The van der Waals surface area contributed by atoms with E-state index >= 15 is 0 Å². The van der Waals surface area contributed by atoms with Gasteiger partial charge in [0.2, 0.25) is 10.0 Å². The molecule has 1 saturated heterocycles. The largest absolute Gasteiger partial charge is 0.379 e. The SMILES string of the molecule is CN(CCCc1ccccc1)C(=O)c1ccc(S(=O)(=O)N2CCOCC2)cc1. The Balaban J connectivity index is 1.58. The summed E-state index contributed by atoms with van der Waals surface area (Å²) in [6.07, 6.45) is 1.78. The normalized spacial score (nSPS) is 15.3. The van der Waals surface area contributed by atoms with Crippen molar-refractivity contribution in [1.29, 1.82) is 0 Å². The van der Waals surface area contributed by atoms with Gasteiger partial charge in [-0.15, -0.1) is 0 Å². The summed E-state index contributed by atoms with van der Waals surface area (Å²) in [6.45, 7) is 2.16. The van der Waals surface area contributed by atoms with Gasteiger partial charge in [0, 0.05) is 32.2 Å². The van der Waals surface area contributed by atoms with E-state index in [0.717, 1.165) is 12.8 Å². The standard InChI is InChI=1S/C21H26N2O4S/c1-22(13-5-8-18-6-3-2-4-7-18)21(24)19-9-11-20(12-10-19)28(25,26)23-14-16-27-17-15-23/h2-4,6-7,9-12H,5,8,13-17H2,1H3. The lowest BCUT2D eigenvalue weighted by atomic mass is 10.1. The van der Waals surface area contributed by atoms with E-state index in [4.69, 9.17) is 4.74 Å². The molecule has 28 heavy (non-hydrogen) atoms. The van der Waals surface area contributed by atoms with Crippen LogP contribution in [-0.2, 0) is 21.2 Å². The molecule has 7 heteroatoms. The summed E-state index contributed by atoms with van der Waals surface area (Å²) in [5.41, 5.74) is 1.74. The van der Waals surface area contributed by atoms with Crippen molar-refractivity contribution in [2.24, 2.45) is 0 Å². The highest BCUT2D eigenvalue weighted by Crippen LogP contribution is 2.18. The van der Waals surface area contributed by atoms with Gasteiger partial charge >= 0.3 is 0 Å². The smallest absolute Gasteiger partial charge is 0.253 e. The highest BCUT2D eigenvalue weighted by Gasteiger charge is 2.26. The van der Waals surface area contributed by atoms with Gasteiger partial charge in [-0.3, -0.25) is 4.79 Å². The van der Waals surface area contributed by atoms with Gasteiger partial charge in [0.25, 0.3) is 5.91 Å². The number of rotatable bonds is 7. The molecule has 0 bridgehead atoms. The molecule has 2 aromatic rings. The fourth-order valence-electron chi connectivity index (χ4n) is 3.19. The molecule has 1 fully saturated rings. The molecule has 6 nitrogen and oxygen atoms in total. The minimum absolute atomic E-state index is 0.108. The predicted octanol–water partition coefficient (Wildman–Crippen LogP) is 2.41. The van der Waals surface area contributed by atoms with E-state index in [2.05, 4.69) is 12.1 Å². The molecule has 3 rings (SSSR count). The van der Waals surface area contributed by atoms with Crippen LogP contribution in [0.4, 0.5) is 0 Å². The number of carbonyl (C=O) groups is 1. The summed E-state index contributed by atoms with van der Waals surface area (Å²) in [5.74, 6) is -0.108. The number of amides is 1. The lowest BCUT2D eigenvalue weighted by Crippen LogP contribution is -2.40. The van der Waals surface area contributed by atoms with E-state index in [1.165, 1.54) is 22.0 Å². The quantitative estimate of drug-likeness (QED) is 0.713. The van der Waals surface area contributed by atoms with Crippen molar-refractivity contribution >= 4 is 15.9 Å². The number of morpholine rings is 1. The van der Waals surface area contributed by atoms with Crippen LogP contribution in [0.3, 0.4) is 0 Å². The van der Waals surface area contributed by atoms with Gasteiger partial charge in [-0.1, -0.05) is 30.3 Å². The van der Waals surface area contributed by atoms with E-state index in [1.54, 1.807) is 24.1 Å². The Morgan fingerprint density at radius 2 is 1.68 bits per heavy atom. The van der Waals surface area contributed by atoms with Crippen molar-refractivity contribution in [3.8, 4) is 0 Å². The second-order valence-corrected chi connectivity index (χ2v) is 8.79. The average molecular weight is 403 g/mol. The van der Waals surface area contributed by atoms with Crippen LogP contribution in [0.2, 0.25) is 0 Å². The minimum atomic E-state index is -3.54. The van der Waals surface area contributed by atoms with Crippen molar-refractivity contribution < 1.29 is 17.9 Å². The van der Waals surface area contributed by atoms with Gasteiger partial charge in [-0.2, -0.15) is 4.31 Å². The molecule has 2 aromatic carbocycles. The molecule has 1 amide bonds. The Hall–Kier alpha value is -2.22. The van der Waals surface area contributed by atoms with E-state index < -0.39 is 10.0 Å². The maximum Gasteiger partial charge on any atom is 0.253 e. The molecule has 0 saturated carbocycles. The molecular formula is C21H26N2O4S. The number of hydrogen-bond acceptors (Lipinski definition) is 4. The molecular weight excluding hydrogens is 376 g/mol. The molecule has 1 aliphatic heterocycles. The summed E-state index contributed by atoms with van der Waals surface area (Å²) in [4.78, 5) is 14.5. The Labute approximate surface area is 166 Å². The highest BCUT2D eigenvalue weighted by atomic mass is 32.2. The van der Waals surface area contributed by atoms with Crippen molar-refractivity contribution in [3.63, 3.8) is 0 Å². The number of aryl methyl sites for hydroxylation is 1. The summed E-state index contributed by atoms with van der Waals surface area (Å²) in [6, 6.07) is 16.4. The topological polar surface area (TPSA) is 66.9 Å². The maximum absolute atomic E-state index is 12.7. The van der Waals surface area contributed by atoms with Gasteiger partial charge in [-0.25, -0.2) is 8.42 Å². The Kier molecular flexibility index (Phi) is 6.83. The van der Waals surface area contributed by atoms with Crippen LogP contribution in [0.1, 0.15) is 22.3 Å². The van der Waals surface area contributed by atoms with Crippen LogP contribution >= 0.6 is 0 Å². The molecule has 1 heterocycles. The summed E-state index contributed by atoms with van der Waals surface area (Å²) in [7, 11) is -1.77. The third-order valence-electron chi connectivity index (χ3n) is 4.86. The first-order chi connectivity index (χ1) is 13.5. The zero-order chi connectivity index (χ0) is 20.0. The van der Waals surface area contributed by atoms with Crippen molar-refractivity contribution in [3.05, 3.63) is 65.7 Å². The third-order valence-corrected chi connectivity index (χ3v) is 6.77. The van der Waals surface area contributed by atoms with Crippen molar-refractivity contribution in [2.75, 3.05) is 39.9 Å². The number of hydrogen-bond donors (Lipinski definition) is 0. The number of sulfonamides is 1. The third kappa shape index (κ3) is 4.98. The Bertz CT molecular complexity index is 876. The van der Waals surface area contributed by atoms with Gasteiger partial charge in [0.1, 0.15) is 0 Å². The van der Waals surface area contributed by atoms with Crippen LogP contribution in [0, 0.1) is 0 Å². The first-order valence-corrected chi connectivity index (χ1v) is 10.9. The summed E-state index contributed by atoms with van der Waals surface area (Å²) < 4.78 is 31.9. The Morgan fingerprint density at radius 3 is 2.32 bits per heavy atom. The molecule has 0 radical (unpaired) electrons. The lowest BCUT2D eigenvalue weighted by molar-refractivity contribution is 0.0730. The van der Waals surface area contributed by atoms with E-state index in [-0.39, 0.29) is 10.8 Å². The predicted molar refractivity (Wildman–Crippen MR) is 108 cm³/mol. The number of nitrogens with zero attached hydrogens (tertiary/aromatic N) is 2. The number of ether oxygens (including phenoxy) is 1. The zero-order valence-electron chi connectivity index (χ0n) is 16.1. The fourth-order valence-corrected chi connectivity index (χ4v) is 4.60. The zero-order valence-corrected chi connectivity index (χ0v) is 16.9. The van der Waals surface area contributed by atoms with Crippen LogP contribution < -0.4 is 0 Å². The second-order valence-electron chi connectivity index (χ2n) is 6.86. The van der Waals surface area contributed by atoms with E-state index in [9.17, 15) is 13.2 Å². The number of benzene rings is 2. The number of carbonyl (C=O) groups excluding carboxylic acids is 1. The molecule has 0 N–H and O–H groups in total. The van der Waals surface area contributed by atoms with E-state index in [0.29, 0.717) is 38.4 Å². The van der Waals surface area contributed by atoms with Gasteiger partial charge in [-0.05, 0) is 42.7 Å². The molecule has 0 spiro atoms. The van der Waals surface area contributed by atoms with Crippen molar-refractivity contribution in [1.82, 2.24) is 9.21 Å². The summed E-state index contributed by atoms with van der Waals surface area (Å²) >= 11 is 0. The molecule has 150 valence electrons. The van der Waals surface area contributed by atoms with Crippen LogP contribution in [0.5, 0.6) is 0 Å². The molecule has 0 unspecified atom stereocenters. The van der Waals surface area contributed by atoms with Crippen LogP contribution in [0.15, 0.2) is 59.5 Å². The maximum atomic E-state index is 12.7. The Morgan fingerprint density at radius 1 is 1.04 bits per heavy atom. The highest BCUT2D eigenvalue weighted by molar-refractivity contribution is 7.89. The average Bonchev–Trinajstić information content (AvgIpc) is 2.74. The molecule has 1 aliphatic rings. The second kappa shape index (κ2) is 9.32. The van der Waals surface area contributed by atoms with Gasteiger partial charge in [0.05, 0.1) is 18.1 Å². The minimum Gasteiger partial charge on any atom is -0.379 e.